The summed E-state index contributed by atoms with van der Waals surface area (Å²) < 4.78 is 7.49. The van der Waals surface area contributed by atoms with E-state index in [0.717, 1.165) is 42.4 Å². The Balaban J connectivity index is 1.97. The Morgan fingerprint density at radius 3 is 2.95 bits per heavy atom. The Bertz CT molecular complexity index is 602. The molecule has 2 aromatic heterocycles. The van der Waals surface area contributed by atoms with E-state index in [9.17, 15) is 0 Å². The lowest BCUT2D eigenvalue weighted by atomic mass is 9.97. The fourth-order valence-electron chi connectivity index (χ4n) is 2.76. The molecule has 2 unspecified atom stereocenters. The maximum Gasteiger partial charge on any atom is 0.0995 e. The Kier molecular flexibility index (Phi) is 3.54. The van der Waals surface area contributed by atoms with Crippen molar-refractivity contribution in [1.29, 1.82) is 0 Å². The zero-order valence-electron chi connectivity index (χ0n) is 11.9. The monoisotopic (exact) mass is 272 g/mol. The zero-order chi connectivity index (χ0) is 14.1. The smallest absolute Gasteiger partial charge is 0.0995 e. The second-order valence-electron chi connectivity index (χ2n) is 5.40. The third-order valence-corrected chi connectivity index (χ3v) is 3.94. The van der Waals surface area contributed by atoms with Crippen LogP contribution in [0.5, 0.6) is 0 Å². The van der Waals surface area contributed by atoms with Crippen molar-refractivity contribution in [2.75, 3.05) is 13.2 Å². The molecule has 0 aromatic carbocycles. The fourth-order valence-corrected chi connectivity index (χ4v) is 2.76. The number of rotatable bonds is 3. The van der Waals surface area contributed by atoms with Gasteiger partial charge in [0.2, 0.25) is 0 Å². The van der Waals surface area contributed by atoms with Crippen LogP contribution < -0.4 is 5.73 Å². The minimum Gasteiger partial charge on any atom is -0.381 e. The van der Waals surface area contributed by atoms with Gasteiger partial charge >= 0.3 is 0 Å². The van der Waals surface area contributed by atoms with Gasteiger partial charge in [0.25, 0.3) is 0 Å². The minimum atomic E-state index is -0.0549. The molecule has 0 saturated carbocycles. The molecule has 2 atom stereocenters. The molecule has 2 N–H and O–H groups in total. The number of aryl methyl sites for hydroxylation is 2. The predicted octanol–water partition coefficient (Wildman–Crippen LogP) is 1.92. The van der Waals surface area contributed by atoms with Crippen LogP contribution >= 0.6 is 0 Å². The van der Waals surface area contributed by atoms with Crippen molar-refractivity contribution in [3.8, 4) is 5.69 Å². The molecule has 5 heteroatoms. The van der Waals surface area contributed by atoms with Gasteiger partial charge in [0.15, 0.2) is 0 Å². The van der Waals surface area contributed by atoms with Crippen LogP contribution in [0.15, 0.2) is 24.7 Å². The van der Waals surface area contributed by atoms with Crippen molar-refractivity contribution in [1.82, 2.24) is 14.5 Å². The summed E-state index contributed by atoms with van der Waals surface area (Å²) in [6, 6.07) is 4.03. The number of imidazole rings is 1. The number of aromatic nitrogens is 3. The summed E-state index contributed by atoms with van der Waals surface area (Å²) in [4.78, 5) is 8.78. The Hall–Kier alpha value is -1.72. The summed E-state index contributed by atoms with van der Waals surface area (Å²) in [7, 11) is 0. The Morgan fingerprint density at radius 2 is 2.25 bits per heavy atom. The van der Waals surface area contributed by atoms with E-state index in [1.165, 1.54) is 0 Å². The van der Waals surface area contributed by atoms with Crippen molar-refractivity contribution in [2.45, 2.75) is 26.3 Å². The first-order valence-corrected chi connectivity index (χ1v) is 6.97. The van der Waals surface area contributed by atoms with Gasteiger partial charge in [-0.2, -0.15) is 0 Å². The molecular formula is C15H20N4O. The van der Waals surface area contributed by atoms with Crippen LogP contribution in [0.25, 0.3) is 5.69 Å². The molecule has 0 aliphatic carbocycles. The molecule has 1 fully saturated rings. The molecule has 0 radical (unpaired) electrons. The standard InChI is InChI=1S/C15H20N4O/c1-10-3-4-13(11(2)18-10)19-9-17-7-14(19)15(16)12-5-6-20-8-12/h3-4,7,9,12,15H,5-6,8,16H2,1-2H3. The molecule has 2 aromatic rings. The number of nitrogens with two attached hydrogens (primary N) is 1. The van der Waals surface area contributed by atoms with E-state index in [0.29, 0.717) is 5.92 Å². The molecule has 0 amide bonds. The van der Waals surface area contributed by atoms with Gasteiger partial charge in [0.05, 0.1) is 42.2 Å². The second-order valence-corrected chi connectivity index (χ2v) is 5.40. The first kappa shape index (κ1) is 13.3. The maximum atomic E-state index is 6.40. The molecule has 1 aliphatic rings. The second kappa shape index (κ2) is 5.34. The van der Waals surface area contributed by atoms with Crippen LogP contribution in [-0.2, 0) is 4.74 Å². The van der Waals surface area contributed by atoms with Crippen LogP contribution in [0.1, 0.15) is 29.5 Å². The lowest BCUT2D eigenvalue weighted by Crippen LogP contribution is -2.24. The maximum absolute atomic E-state index is 6.40. The minimum absolute atomic E-state index is 0.0549. The van der Waals surface area contributed by atoms with Crippen molar-refractivity contribution in [2.24, 2.45) is 11.7 Å². The molecular weight excluding hydrogens is 252 g/mol. The fraction of sp³-hybridized carbons (Fsp3) is 0.467. The van der Waals surface area contributed by atoms with E-state index in [4.69, 9.17) is 10.5 Å². The van der Waals surface area contributed by atoms with Gasteiger partial charge in [-0.15, -0.1) is 0 Å². The van der Waals surface area contributed by atoms with Gasteiger partial charge in [-0.25, -0.2) is 4.98 Å². The number of pyridine rings is 1. The van der Waals surface area contributed by atoms with E-state index in [-0.39, 0.29) is 6.04 Å². The van der Waals surface area contributed by atoms with Crippen LogP contribution in [0.4, 0.5) is 0 Å². The highest BCUT2D eigenvalue weighted by molar-refractivity contribution is 5.39. The van der Waals surface area contributed by atoms with Gasteiger partial charge in [-0.3, -0.25) is 9.55 Å². The lowest BCUT2D eigenvalue weighted by molar-refractivity contribution is 0.180. The summed E-state index contributed by atoms with van der Waals surface area (Å²) >= 11 is 0. The van der Waals surface area contributed by atoms with E-state index in [1.807, 2.05) is 37.0 Å². The number of nitrogens with zero attached hydrogens (tertiary/aromatic N) is 3. The number of hydrogen-bond donors (Lipinski definition) is 1. The SMILES string of the molecule is Cc1ccc(-n2cncc2C(N)C2CCOC2)c(C)n1. The topological polar surface area (TPSA) is 66.0 Å². The first-order valence-electron chi connectivity index (χ1n) is 6.97. The summed E-state index contributed by atoms with van der Waals surface area (Å²) in [5.74, 6) is 0.365. The average Bonchev–Trinajstić information content (AvgIpc) is 3.09. The van der Waals surface area contributed by atoms with Crippen LogP contribution in [-0.4, -0.2) is 27.7 Å². The third kappa shape index (κ3) is 2.34. The van der Waals surface area contributed by atoms with Crippen LogP contribution in [0.3, 0.4) is 0 Å². The van der Waals surface area contributed by atoms with Crippen molar-refractivity contribution in [3.05, 3.63) is 41.7 Å². The third-order valence-electron chi connectivity index (χ3n) is 3.94. The largest absolute Gasteiger partial charge is 0.381 e. The summed E-state index contributed by atoms with van der Waals surface area (Å²) in [6.07, 6.45) is 4.67. The predicted molar refractivity (Wildman–Crippen MR) is 76.7 cm³/mol. The van der Waals surface area contributed by atoms with Gasteiger partial charge in [-0.05, 0) is 32.4 Å². The van der Waals surface area contributed by atoms with Crippen LogP contribution in [0, 0.1) is 19.8 Å². The molecule has 1 aliphatic heterocycles. The normalized spacial score (nSPS) is 20.2. The van der Waals surface area contributed by atoms with Crippen molar-refractivity contribution < 1.29 is 4.74 Å². The molecule has 0 bridgehead atoms. The van der Waals surface area contributed by atoms with E-state index in [1.54, 1.807) is 0 Å². The van der Waals surface area contributed by atoms with E-state index >= 15 is 0 Å². The van der Waals surface area contributed by atoms with Gasteiger partial charge in [0, 0.05) is 18.2 Å². The molecule has 3 rings (SSSR count). The van der Waals surface area contributed by atoms with Crippen molar-refractivity contribution in [3.63, 3.8) is 0 Å². The van der Waals surface area contributed by atoms with Crippen molar-refractivity contribution >= 4 is 0 Å². The van der Waals surface area contributed by atoms with Gasteiger partial charge < -0.3 is 10.5 Å². The molecule has 5 nitrogen and oxygen atoms in total. The molecule has 106 valence electrons. The molecule has 20 heavy (non-hydrogen) atoms. The van der Waals surface area contributed by atoms with E-state index in [2.05, 4.69) is 16.0 Å². The Morgan fingerprint density at radius 1 is 1.40 bits per heavy atom. The summed E-state index contributed by atoms with van der Waals surface area (Å²) in [5.41, 5.74) is 10.5. The first-order chi connectivity index (χ1) is 9.66. The highest BCUT2D eigenvalue weighted by Gasteiger charge is 2.26. The summed E-state index contributed by atoms with van der Waals surface area (Å²) in [6.45, 7) is 5.54. The lowest BCUT2D eigenvalue weighted by Gasteiger charge is -2.20. The summed E-state index contributed by atoms with van der Waals surface area (Å²) in [5, 5.41) is 0. The molecule has 3 heterocycles. The van der Waals surface area contributed by atoms with E-state index < -0.39 is 0 Å². The molecule has 1 saturated heterocycles. The zero-order valence-corrected chi connectivity index (χ0v) is 11.9. The number of ether oxygens (including phenoxy) is 1. The average molecular weight is 272 g/mol. The Labute approximate surface area is 118 Å². The number of hydrogen-bond acceptors (Lipinski definition) is 4. The highest BCUT2D eigenvalue weighted by Crippen LogP contribution is 2.28. The van der Waals surface area contributed by atoms with Crippen LogP contribution in [0.2, 0.25) is 0 Å². The quantitative estimate of drug-likeness (QED) is 0.927. The van der Waals surface area contributed by atoms with Gasteiger partial charge in [0.1, 0.15) is 0 Å². The van der Waals surface area contributed by atoms with Gasteiger partial charge in [-0.1, -0.05) is 0 Å². The highest BCUT2D eigenvalue weighted by atomic mass is 16.5. The molecule has 0 spiro atoms.